The second kappa shape index (κ2) is 5.54. The third-order valence-corrected chi connectivity index (χ3v) is 4.09. The number of nitrogens with zero attached hydrogens (tertiary/aromatic N) is 2. The molecule has 1 N–H and O–H groups in total. The first-order valence-corrected chi connectivity index (χ1v) is 7.48. The number of aromatic nitrogens is 2. The summed E-state index contributed by atoms with van der Waals surface area (Å²) in [4.78, 5) is 0.182. The fourth-order valence-electron chi connectivity index (χ4n) is 1.47. The lowest BCUT2D eigenvalue weighted by Crippen LogP contribution is -2.14. The fraction of sp³-hybridized carbons (Fsp3) is 0.167. The molecule has 0 amide bonds. The summed E-state index contributed by atoms with van der Waals surface area (Å²) in [7, 11) is -3.65. The Morgan fingerprint density at radius 1 is 1.11 bits per heavy atom. The highest BCUT2D eigenvalue weighted by molar-refractivity contribution is 7.92. The van der Waals surface area contributed by atoms with Gasteiger partial charge in [-0.3, -0.25) is 4.72 Å². The number of rotatable bonds is 4. The first-order chi connectivity index (χ1) is 9.01. The smallest absolute Gasteiger partial charge is 0.262 e. The second-order valence-electron chi connectivity index (χ2n) is 3.84. The van der Waals surface area contributed by atoms with Crippen molar-refractivity contribution in [2.45, 2.75) is 18.2 Å². The molecule has 7 heteroatoms. The van der Waals surface area contributed by atoms with Crippen molar-refractivity contribution in [3.63, 3.8) is 0 Å². The van der Waals surface area contributed by atoms with Gasteiger partial charge in [0.25, 0.3) is 10.0 Å². The number of hydrogen-bond donors (Lipinski definition) is 1. The predicted octanol–water partition coefficient (Wildman–Crippen LogP) is 2.49. The van der Waals surface area contributed by atoms with Gasteiger partial charge in [0, 0.05) is 0 Å². The molecule has 100 valence electrons. The summed E-state index contributed by atoms with van der Waals surface area (Å²) < 4.78 is 26.5. The summed E-state index contributed by atoms with van der Waals surface area (Å²) in [6.45, 7) is 2.01. The van der Waals surface area contributed by atoms with Gasteiger partial charge in [0.2, 0.25) is 0 Å². The molecule has 1 heterocycles. The Kier molecular flexibility index (Phi) is 4.01. The summed E-state index contributed by atoms with van der Waals surface area (Å²) in [5.41, 5.74) is 1.07. The number of nitrogens with one attached hydrogen (secondary N) is 1. The van der Waals surface area contributed by atoms with Gasteiger partial charge in [0.1, 0.15) is 0 Å². The lowest BCUT2D eigenvalue weighted by Gasteiger charge is -2.07. The van der Waals surface area contributed by atoms with E-state index in [9.17, 15) is 8.42 Å². The number of halogens is 1. The molecular weight excluding hydrogens is 286 g/mol. The molecule has 5 nitrogen and oxygen atoms in total. The Labute approximate surface area is 116 Å². The molecule has 0 radical (unpaired) electrons. The van der Waals surface area contributed by atoms with E-state index >= 15 is 0 Å². The molecule has 0 saturated carbocycles. The summed E-state index contributed by atoms with van der Waals surface area (Å²) in [5, 5.41) is 7.43. The van der Waals surface area contributed by atoms with Crippen LogP contribution in [0.4, 0.5) is 5.82 Å². The van der Waals surface area contributed by atoms with Gasteiger partial charge in [0.05, 0.1) is 4.90 Å². The fourth-order valence-corrected chi connectivity index (χ4v) is 2.57. The molecule has 0 unspecified atom stereocenters. The summed E-state index contributed by atoms with van der Waals surface area (Å²) in [5.74, 6) is 0.129. The van der Waals surface area contributed by atoms with Crippen LogP contribution in [0.1, 0.15) is 12.5 Å². The highest BCUT2D eigenvalue weighted by atomic mass is 35.5. The van der Waals surface area contributed by atoms with E-state index in [0.717, 1.165) is 12.0 Å². The minimum Gasteiger partial charge on any atom is -0.262 e. The first-order valence-electron chi connectivity index (χ1n) is 5.62. The Morgan fingerprint density at radius 3 is 2.32 bits per heavy atom. The molecule has 0 atom stereocenters. The maximum Gasteiger partial charge on any atom is 0.263 e. The molecule has 0 bridgehead atoms. The number of aryl methyl sites for hydroxylation is 1. The van der Waals surface area contributed by atoms with Crippen molar-refractivity contribution in [1.29, 1.82) is 0 Å². The molecule has 1 aromatic carbocycles. The first kappa shape index (κ1) is 13.8. The minimum atomic E-state index is -3.65. The van der Waals surface area contributed by atoms with Gasteiger partial charge in [-0.25, -0.2) is 8.42 Å². The normalized spacial score (nSPS) is 11.3. The summed E-state index contributed by atoms with van der Waals surface area (Å²) in [6.07, 6.45) is 0.858. The zero-order valence-electron chi connectivity index (χ0n) is 10.2. The van der Waals surface area contributed by atoms with E-state index in [1.165, 1.54) is 12.1 Å². The van der Waals surface area contributed by atoms with E-state index in [1.807, 2.05) is 6.92 Å². The van der Waals surface area contributed by atoms with Gasteiger partial charge >= 0.3 is 0 Å². The molecule has 2 aromatic rings. The van der Waals surface area contributed by atoms with Gasteiger partial charge in [-0.15, -0.1) is 10.2 Å². The van der Waals surface area contributed by atoms with E-state index in [2.05, 4.69) is 14.9 Å². The molecule has 0 aliphatic heterocycles. The van der Waals surface area contributed by atoms with Crippen molar-refractivity contribution in [2.75, 3.05) is 4.72 Å². The maximum absolute atomic E-state index is 12.1. The largest absolute Gasteiger partial charge is 0.263 e. The average molecular weight is 298 g/mol. The van der Waals surface area contributed by atoms with Gasteiger partial charge in [0.15, 0.2) is 11.0 Å². The number of hydrogen-bond acceptors (Lipinski definition) is 4. The van der Waals surface area contributed by atoms with Gasteiger partial charge in [-0.1, -0.05) is 30.7 Å². The molecule has 0 aliphatic carbocycles. The molecule has 19 heavy (non-hydrogen) atoms. The van der Waals surface area contributed by atoms with E-state index < -0.39 is 10.0 Å². The Hall–Kier alpha value is -1.66. The van der Waals surface area contributed by atoms with E-state index in [4.69, 9.17) is 11.6 Å². The SMILES string of the molecule is CCc1ccc(S(=O)(=O)Nc2ccc(Cl)nn2)cc1. The number of anilines is 1. The Bertz CT molecular complexity index is 654. The molecule has 1 aromatic heterocycles. The molecule has 0 fully saturated rings. The van der Waals surface area contributed by atoms with Crippen molar-refractivity contribution >= 4 is 27.4 Å². The lowest BCUT2D eigenvalue weighted by molar-refractivity contribution is 0.601. The maximum atomic E-state index is 12.1. The van der Waals surface area contributed by atoms with Crippen molar-refractivity contribution < 1.29 is 8.42 Å². The van der Waals surface area contributed by atoms with Crippen molar-refractivity contribution in [2.24, 2.45) is 0 Å². The molecule has 0 spiro atoms. The van der Waals surface area contributed by atoms with E-state index in [1.54, 1.807) is 24.3 Å². The number of sulfonamides is 1. The lowest BCUT2D eigenvalue weighted by atomic mass is 10.2. The highest BCUT2D eigenvalue weighted by Gasteiger charge is 2.14. The van der Waals surface area contributed by atoms with Crippen LogP contribution in [0, 0.1) is 0 Å². The van der Waals surface area contributed by atoms with Gasteiger partial charge in [-0.2, -0.15) is 0 Å². The van der Waals surface area contributed by atoms with Crippen LogP contribution in [-0.4, -0.2) is 18.6 Å². The van der Waals surface area contributed by atoms with Crippen LogP contribution in [-0.2, 0) is 16.4 Å². The van der Waals surface area contributed by atoms with Crippen LogP contribution >= 0.6 is 11.6 Å². The standard InChI is InChI=1S/C12H12ClN3O2S/c1-2-9-3-5-10(6-4-9)19(17,18)16-12-8-7-11(13)14-15-12/h3-8H,2H2,1H3,(H,15,16). The molecule has 0 saturated heterocycles. The van der Waals surface area contributed by atoms with E-state index in [-0.39, 0.29) is 15.9 Å². The van der Waals surface area contributed by atoms with Crippen molar-refractivity contribution in [3.05, 3.63) is 47.1 Å². The van der Waals surface area contributed by atoms with Crippen LogP contribution in [0.25, 0.3) is 0 Å². The zero-order valence-corrected chi connectivity index (χ0v) is 11.7. The highest BCUT2D eigenvalue weighted by Crippen LogP contribution is 2.15. The second-order valence-corrected chi connectivity index (χ2v) is 5.91. The van der Waals surface area contributed by atoms with Crippen LogP contribution in [0.5, 0.6) is 0 Å². The van der Waals surface area contributed by atoms with E-state index in [0.29, 0.717) is 0 Å². The third-order valence-electron chi connectivity index (χ3n) is 2.51. The van der Waals surface area contributed by atoms with Crippen LogP contribution in [0.15, 0.2) is 41.3 Å². The number of benzene rings is 1. The van der Waals surface area contributed by atoms with Crippen molar-refractivity contribution in [1.82, 2.24) is 10.2 Å². The Balaban J connectivity index is 2.24. The molecule has 0 aliphatic rings. The van der Waals surface area contributed by atoms with Crippen LogP contribution < -0.4 is 4.72 Å². The topological polar surface area (TPSA) is 72.0 Å². The van der Waals surface area contributed by atoms with Gasteiger partial charge in [-0.05, 0) is 36.2 Å². The quantitative estimate of drug-likeness (QED) is 0.941. The minimum absolute atomic E-state index is 0.129. The summed E-state index contributed by atoms with van der Waals surface area (Å²) in [6, 6.07) is 9.60. The van der Waals surface area contributed by atoms with Crippen LogP contribution in [0.2, 0.25) is 5.15 Å². The monoisotopic (exact) mass is 297 g/mol. The van der Waals surface area contributed by atoms with Gasteiger partial charge < -0.3 is 0 Å². The predicted molar refractivity (Wildman–Crippen MR) is 73.7 cm³/mol. The third kappa shape index (κ3) is 3.42. The van der Waals surface area contributed by atoms with Crippen molar-refractivity contribution in [3.8, 4) is 0 Å². The molecule has 2 rings (SSSR count). The van der Waals surface area contributed by atoms with Crippen LogP contribution in [0.3, 0.4) is 0 Å². The summed E-state index contributed by atoms with van der Waals surface area (Å²) >= 11 is 5.58. The molecular formula is C12H12ClN3O2S. The zero-order chi connectivity index (χ0) is 13.9. The Morgan fingerprint density at radius 2 is 1.79 bits per heavy atom. The average Bonchev–Trinajstić information content (AvgIpc) is 2.41.